The summed E-state index contributed by atoms with van der Waals surface area (Å²) >= 11 is 0. The van der Waals surface area contributed by atoms with Gasteiger partial charge in [-0.05, 0) is 43.2 Å². The highest BCUT2D eigenvalue weighted by Crippen LogP contribution is 2.29. The maximum atomic E-state index is 13.9. The molecule has 1 aliphatic carbocycles. The summed E-state index contributed by atoms with van der Waals surface area (Å²) in [5.41, 5.74) is 1.07. The molecule has 0 spiro atoms. The predicted molar refractivity (Wildman–Crippen MR) is 106 cm³/mol. The Labute approximate surface area is 173 Å². The fraction of sp³-hybridized carbons (Fsp3) is 0.273. The number of carbonyl (C=O) groups is 3. The van der Waals surface area contributed by atoms with Crippen molar-refractivity contribution in [2.24, 2.45) is 0 Å². The number of nitrogens with one attached hydrogen (secondary N) is 1. The number of hydrogen-bond donors (Lipinski definition) is 1. The molecule has 7 nitrogen and oxygen atoms in total. The normalized spacial score (nSPS) is 12.5. The van der Waals surface area contributed by atoms with E-state index in [0.29, 0.717) is 11.3 Å². The molecule has 0 unspecified atom stereocenters. The van der Waals surface area contributed by atoms with Crippen molar-refractivity contribution in [2.45, 2.75) is 31.8 Å². The maximum absolute atomic E-state index is 13.9. The van der Waals surface area contributed by atoms with Crippen LogP contribution in [0.15, 0.2) is 48.5 Å². The lowest BCUT2D eigenvalue weighted by atomic mass is 10.2. The van der Waals surface area contributed by atoms with Gasteiger partial charge in [-0.25, -0.2) is 9.18 Å². The average molecular weight is 409 g/mol. The smallest absolute Gasteiger partial charge is 0.338 e. The highest BCUT2D eigenvalue weighted by atomic mass is 19.1. The molecule has 3 rings (SSSR count). The van der Waals surface area contributed by atoms with E-state index in [2.05, 4.69) is 5.32 Å². The van der Waals surface area contributed by atoms with Gasteiger partial charge in [0.15, 0.2) is 6.61 Å². The van der Waals surface area contributed by atoms with E-state index < -0.39 is 18.5 Å². The molecular formula is C22H20FN3O4. The molecule has 0 atom stereocenters. The Balaban J connectivity index is 1.55. The highest BCUT2D eigenvalue weighted by molar-refractivity contribution is 5.94. The van der Waals surface area contributed by atoms with Crippen molar-refractivity contribution >= 4 is 23.5 Å². The van der Waals surface area contributed by atoms with Crippen molar-refractivity contribution in [1.82, 2.24) is 4.90 Å². The van der Waals surface area contributed by atoms with Gasteiger partial charge in [-0.3, -0.25) is 9.59 Å². The average Bonchev–Trinajstić information content (AvgIpc) is 3.57. The fourth-order valence-electron chi connectivity index (χ4n) is 2.88. The molecular weight excluding hydrogens is 389 g/mol. The molecule has 30 heavy (non-hydrogen) atoms. The van der Waals surface area contributed by atoms with Gasteiger partial charge in [0.1, 0.15) is 12.2 Å². The van der Waals surface area contributed by atoms with Crippen LogP contribution >= 0.6 is 0 Å². The largest absolute Gasteiger partial charge is 0.452 e. The predicted octanol–water partition coefficient (Wildman–Crippen LogP) is 3.03. The molecule has 0 saturated heterocycles. The molecule has 1 fully saturated rings. The molecule has 1 aliphatic rings. The van der Waals surface area contributed by atoms with Crippen LogP contribution in [0.1, 0.15) is 35.2 Å². The molecule has 1 saturated carbocycles. The Kier molecular flexibility index (Phi) is 6.75. The topological polar surface area (TPSA) is 99.5 Å². The van der Waals surface area contributed by atoms with Gasteiger partial charge >= 0.3 is 5.97 Å². The first-order valence-electron chi connectivity index (χ1n) is 9.45. The summed E-state index contributed by atoms with van der Waals surface area (Å²) in [5, 5.41) is 11.0. The third-order valence-corrected chi connectivity index (χ3v) is 4.58. The second-order valence-corrected chi connectivity index (χ2v) is 6.88. The van der Waals surface area contributed by atoms with Gasteiger partial charge in [-0.2, -0.15) is 5.26 Å². The minimum Gasteiger partial charge on any atom is -0.452 e. The van der Waals surface area contributed by atoms with E-state index in [4.69, 9.17) is 10.00 Å². The van der Waals surface area contributed by atoms with Gasteiger partial charge in [-0.1, -0.05) is 18.2 Å². The Morgan fingerprint density at radius 2 is 1.83 bits per heavy atom. The van der Waals surface area contributed by atoms with Crippen molar-refractivity contribution < 1.29 is 23.5 Å². The molecule has 2 aromatic rings. The first-order chi connectivity index (χ1) is 14.5. The summed E-state index contributed by atoms with van der Waals surface area (Å²) in [6.07, 6.45) is 1.41. The van der Waals surface area contributed by atoms with Gasteiger partial charge in [0.2, 0.25) is 5.91 Å². The second kappa shape index (κ2) is 9.65. The molecule has 0 radical (unpaired) electrons. The zero-order chi connectivity index (χ0) is 21.5. The lowest BCUT2D eigenvalue weighted by Crippen LogP contribution is -2.36. The van der Waals surface area contributed by atoms with Crippen LogP contribution in [0.5, 0.6) is 0 Å². The van der Waals surface area contributed by atoms with Gasteiger partial charge in [-0.15, -0.1) is 0 Å². The first kappa shape index (κ1) is 21.0. The van der Waals surface area contributed by atoms with Crippen LogP contribution in [0, 0.1) is 17.1 Å². The van der Waals surface area contributed by atoms with Crippen LogP contribution in [0.2, 0.25) is 0 Å². The number of carbonyl (C=O) groups excluding carboxylic acids is 3. The van der Waals surface area contributed by atoms with Crippen molar-refractivity contribution in [2.75, 3.05) is 11.9 Å². The minimum atomic E-state index is -0.681. The molecule has 0 aliphatic heterocycles. The van der Waals surface area contributed by atoms with Crippen LogP contribution in [-0.2, 0) is 20.9 Å². The van der Waals surface area contributed by atoms with Crippen LogP contribution in [0.25, 0.3) is 0 Å². The number of esters is 1. The second-order valence-electron chi connectivity index (χ2n) is 6.88. The highest BCUT2D eigenvalue weighted by Gasteiger charge is 2.33. The summed E-state index contributed by atoms with van der Waals surface area (Å²) in [6.45, 7) is -0.310. The molecule has 2 amide bonds. The SMILES string of the molecule is N#CCC(=O)Nc1ccc(C(=O)OCC(=O)N(Cc2ccccc2F)C2CC2)cc1. The molecule has 154 valence electrons. The number of halogens is 1. The van der Waals surface area contributed by atoms with Crippen molar-refractivity contribution in [1.29, 1.82) is 5.26 Å². The number of hydrogen-bond acceptors (Lipinski definition) is 5. The number of ether oxygens (including phenoxy) is 1. The van der Waals surface area contributed by atoms with Crippen molar-refractivity contribution in [3.63, 3.8) is 0 Å². The number of nitriles is 1. The molecule has 0 aromatic heterocycles. The monoisotopic (exact) mass is 409 g/mol. The summed E-state index contributed by atoms with van der Waals surface area (Å²) in [6, 6.07) is 13.9. The van der Waals surface area contributed by atoms with Gasteiger partial charge < -0.3 is 15.0 Å². The van der Waals surface area contributed by atoms with E-state index >= 15 is 0 Å². The number of nitrogens with zero attached hydrogens (tertiary/aromatic N) is 2. The van der Waals surface area contributed by atoms with E-state index in [1.54, 1.807) is 29.2 Å². The standard InChI is InChI=1S/C22H20FN3O4/c23-19-4-2-1-3-16(19)13-26(18-9-10-18)21(28)14-30-22(29)15-5-7-17(8-6-15)25-20(27)11-12-24/h1-8,18H,9-11,13-14H2,(H,25,27). The van der Waals surface area contributed by atoms with Crippen LogP contribution in [-0.4, -0.2) is 35.3 Å². The first-order valence-corrected chi connectivity index (χ1v) is 9.45. The molecule has 0 heterocycles. The lowest BCUT2D eigenvalue weighted by Gasteiger charge is -2.22. The van der Waals surface area contributed by atoms with Gasteiger partial charge in [0, 0.05) is 23.8 Å². The Morgan fingerprint density at radius 3 is 2.47 bits per heavy atom. The Morgan fingerprint density at radius 1 is 1.13 bits per heavy atom. The summed E-state index contributed by atoms with van der Waals surface area (Å²) < 4.78 is 19.0. The molecule has 8 heteroatoms. The molecule has 1 N–H and O–H groups in total. The minimum absolute atomic E-state index is 0.0344. The van der Waals surface area contributed by atoms with Gasteiger partial charge in [0.25, 0.3) is 5.91 Å². The van der Waals surface area contributed by atoms with Crippen molar-refractivity contribution in [3.8, 4) is 6.07 Å². The Hall–Kier alpha value is -3.73. The quantitative estimate of drug-likeness (QED) is 0.676. The molecule has 2 aromatic carbocycles. The number of rotatable bonds is 8. The number of benzene rings is 2. The van der Waals surface area contributed by atoms with E-state index in [-0.39, 0.29) is 36.3 Å². The Bertz CT molecular complexity index is 981. The fourth-order valence-corrected chi connectivity index (χ4v) is 2.88. The maximum Gasteiger partial charge on any atom is 0.338 e. The van der Waals surface area contributed by atoms with E-state index in [0.717, 1.165) is 12.8 Å². The third-order valence-electron chi connectivity index (χ3n) is 4.58. The van der Waals surface area contributed by atoms with E-state index in [1.807, 2.05) is 0 Å². The van der Waals surface area contributed by atoms with Crippen LogP contribution in [0.4, 0.5) is 10.1 Å². The summed E-state index contributed by atoms with van der Waals surface area (Å²) in [4.78, 5) is 37.7. The molecule has 0 bridgehead atoms. The zero-order valence-electron chi connectivity index (χ0n) is 16.1. The van der Waals surface area contributed by atoms with Crippen LogP contribution < -0.4 is 5.32 Å². The zero-order valence-corrected chi connectivity index (χ0v) is 16.1. The lowest BCUT2D eigenvalue weighted by molar-refractivity contribution is -0.135. The van der Waals surface area contributed by atoms with E-state index in [9.17, 15) is 18.8 Å². The number of anilines is 1. The number of amides is 2. The van der Waals surface area contributed by atoms with E-state index in [1.165, 1.54) is 30.3 Å². The van der Waals surface area contributed by atoms with Crippen LogP contribution in [0.3, 0.4) is 0 Å². The van der Waals surface area contributed by atoms with Gasteiger partial charge in [0.05, 0.1) is 11.6 Å². The summed E-state index contributed by atoms with van der Waals surface area (Å²) in [5.74, 6) is -1.89. The third kappa shape index (κ3) is 5.64. The van der Waals surface area contributed by atoms with Crippen molar-refractivity contribution in [3.05, 3.63) is 65.5 Å². The summed E-state index contributed by atoms with van der Waals surface area (Å²) in [7, 11) is 0.